The molecule has 0 aliphatic heterocycles. The molecule has 1 fully saturated rings. The molecular weight excluding hydrogens is 296 g/mol. The van der Waals surface area contributed by atoms with Crippen molar-refractivity contribution in [3.05, 3.63) is 54.2 Å². The Morgan fingerprint density at radius 1 is 1.14 bits per heavy atom. The van der Waals surface area contributed by atoms with Gasteiger partial charge in [-0.1, -0.05) is 30.3 Å². The molecule has 2 atom stereocenters. The Balaban J connectivity index is 1.68. The SMILES string of the molecule is CC(C)S(=O)(=O)N[C@H]1CC1c1ccc(-c2ccccn2)cc1. The summed E-state index contributed by atoms with van der Waals surface area (Å²) < 4.78 is 26.5. The van der Waals surface area contributed by atoms with Crippen molar-refractivity contribution >= 4 is 10.0 Å². The van der Waals surface area contributed by atoms with Crippen LogP contribution in [0.3, 0.4) is 0 Å². The smallest absolute Gasteiger partial charge is 0.214 e. The summed E-state index contributed by atoms with van der Waals surface area (Å²) in [6.45, 7) is 3.39. The van der Waals surface area contributed by atoms with Crippen LogP contribution in [0.4, 0.5) is 0 Å². The molecule has 5 heteroatoms. The van der Waals surface area contributed by atoms with Gasteiger partial charge in [-0.15, -0.1) is 0 Å². The third-order valence-electron chi connectivity index (χ3n) is 4.03. The fourth-order valence-corrected chi connectivity index (χ4v) is 3.43. The molecule has 3 rings (SSSR count). The topological polar surface area (TPSA) is 59.1 Å². The number of pyridine rings is 1. The zero-order valence-electron chi connectivity index (χ0n) is 12.7. The Morgan fingerprint density at radius 3 is 2.45 bits per heavy atom. The van der Waals surface area contributed by atoms with E-state index in [0.29, 0.717) is 0 Å². The van der Waals surface area contributed by atoms with Crippen LogP contribution in [0.25, 0.3) is 11.3 Å². The molecule has 1 aromatic heterocycles. The van der Waals surface area contributed by atoms with E-state index in [1.165, 1.54) is 5.56 Å². The second-order valence-electron chi connectivity index (χ2n) is 6.00. The van der Waals surface area contributed by atoms with E-state index in [9.17, 15) is 8.42 Å². The van der Waals surface area contributed by atoms with Crippen LogP contribution in [-0.4, -0.2) is 24.7 Å². The molecule has 0 spiro atoms. The Kier molecular flexibility index (Phi) is 4.02. The molecule has 4 nitrogen and oxygen atoms in total. The van der Waals surface area contributed by atoms with Crippen LogP contribution < -0.4 is 4.72 Å². The predicted molar refractivity (Wildman–Crippen MR) is 88.0 cm³/mol. The number of aromatic nitrogens is 1. The molecule has 0 amide bonds. The van der Waals surface area contributed by atoms with Crippen LogP contribution in [0.2, 0.25) is 0 Å². The molecule has 2 aromatic rings. The zero-order valence-corrected chi connectivity index (χ0v) is 13.5. The maximum Gasteiger partial charge on any atom is 0.214 e. The molecule has 0 bridgehead atoms. The van der Waals surface area contributed by atoms with Gasteiger partial charge in [-0.3, -0.25) is 4.98 Å². The van der Waals surface area contributed by atoms with Crippen LogP contribution >= 0.6 is 0 Å². The number of rotatable bonds is 5. The molecule has 0 radical (unpaired) electrons. The minimum absolute atomic E-state index is 0.0353. The lowest BCUT2D eigenvalue weighted by Gasteiger charge is -2.09. The first-order valence-electron chi connectivity index (χ1n) is 7.50. The molecule has 1 unspecified atom stereocenters. The minimum atomic E-state index is -3.19. The van der Waals surface area contributed by atoms with Gasteiger partial charge in [0.2, 0.25) is 10.0 Å². The molecule has 1 aromatic carbocycles. The van der Waals surface area contributed by atoms with Gasteiger partial charge >= 0.3 is 0 Å². The lowest BCUT2D eigenvalue weighted by molar-refractivity contribution is 0.571. The number of benzene rings is 1. The van der Waals surface area contributed by atoms with Gasteiger partial charge in [0.05, 0.1) is 10.9 Å². The molecular formula is C17H20N2O2S. The van der Waals surface area contributed by atoms with E-state index in [4.69, 9.17) is 0 Å². The van der Waals surface area contributed by atoms with Crippen molar-refractivity contribution in [3.8, 4) is 11.3 Å². The van der Waals surface area contributed by atoms with Crippen LogP contribution in [0.1, 0.15) is 31.7 Å². The molecule has 1 heterocycles. The Labute approximate surface area is 131 Å². The summed E-state index contributed by atoms with van der Waals surface area (Å²) >= 11 is 0. The van der Waals surface area contributed by atoms with Gasteiger partial charge in [0.25, 0.3) is 0 Å². The van der Waals surface area contributed by atoms with Crippen molar-refractivity contribution in [3.63, 3.8) is 0 Å². The van der Waals surface area contributed by atoms with E-state index < -0.39 is 10.0 Å². The molecule has 1 N–H and O–H groups in total. The molecule has 1 aliphatic rings. The first-order valence-corrected chi connectivity index (χ1v) is 9.04. The normalized spacial score (nSPS) is 21.0. The van der Waals surface area contributed by atoms with Gasteiger partial charge in [0.1, 0.15) is 0 Å². The summed E-state index contributed by atoms with van der Waals surface area (Å²) in [5, 5.41) is -0.389. The molecule has 116 valence electrons. The first kappa shape index (κ1) is 15.2. The van der Waals surface area contributed by atoms with Crippen LogP contribution in [-0.2, 0) is 10.0 Å². The number of nitrogens with one attached hydrogen (secondary N) is 1. The van der Waals surface area contributed by atoms with Crippen molar-refractivity contribution in [1.29, 1.82) is 0 Å². The highest BCUT2D eigenvalue weighted by molar-refractivity contribution is 7.90. The summed E-state index contributed by atoms with van der Waals surface area (Å²) in [6, 6.07) is 14.1. The highest BCUT2D eigenvalue weighted by Crippen LogP contribution is 2.41. The van der Waals surface area contributed by atoms with E-state index >= 15 is 0 Å². The summed E-state index contributed by atoms with van der Waals surface area (Å²) in [4.78, 5) is 4.33. The number of hydrogen-bond acceptors (Lipinski definition) is 3. The Bertz CT molecular complexity index is 740. The van der Waals surface area contributed by atoms with Gasteiger partial charge in [-0.2, -0.15) is 0 Å². The van der Waals surface area contributed by atoms with E-state index in [2.05, 4.69) is 21.8 Å². The third kappa shape index (κ3) is 3.20. The summed E-state index contributed by atoms with van der Waals surface area (Å²) in [5.74, 6) is 0.284. The highest BCUT2D eigenvalue weighted by atomic mass is 32.2. The van der Waals surface area contributed by atoms with Crippen molar-refractivity contribution in [2.75, 3.05) is 0 Å². The maximum atomic E-state index is 11.9. The molecule has 0 saturated heterocycles. The highest BCUT2D eigenvalue weighted by Gasteiger charge is 2.41. The largest absolute Gasteiger partial charge is 0.256 e. The average Bonchev–Trinajstić information content (AvgIpc) is 3.26. The van der Waals surface area contributed by atoms with Crippen molar-refractivity contribution in [2.24, 2.45) is 0 Å². The third-order valence-corrected chi connectivity index (χ3v) is 5.90. The van der Waals surface area contributed by atoms with E-state index in [1.54, 1.807) is 20.0 Å². The van der Waals surface area contributed by atoms with Gasteiger partial charge in [0.15, 0.2) is 0 Å². The summed E-state index contributed by atoms with van der Waals surface area (Å²) in [7, 11) is -3.19. The number of hydrogen-bond donors (Lipinski definition) is 1. The van der Waals surface area contributed by atoms with Crippen molar-refractivity contribution in [1.82, 2.24) is 9.71 Å². The monoisotopic (exact) mass is 316 g/mol. The number of nitrogens with zero attached hydrogens (tertiary/aromatic N) is 1. The molecule has 1 saturated carbocycles. The van der Waals surface area contributed by atoms with Crippen LogP contribution in [0.5, 0.6) is 0 Å². The Hall–Kier alpha value is -1.72. The minimum Gasteiger partial charge on any atom is -0.256 e. The lowest BCUT2D eigenvalue weighted by Crippen LogP contribution is -2.33. The fourth-order valence-electron chi connectivity index (χ4n) is 2.48. The maximum absolute atomic E-state index is 11.9. The van der Waals surface area contributed by atoms with E-state index in [-0.39, 0.29) is 17.2 Å². The van der Waals surface area contributed by atoms with Gasteiger partial charge in [0, 0.05) is 23.7 Å². The first-order chi connectivity index (χ1) is 10.5. The average molecular weight is 316 g/mol. The van der Waals surface area contributed by atoms with Crippen LogP contribution in [0.15, 0.2) is 48.7 Å². The standard InChI is InChI=1S/C17H20N2O2S/c1-12(2)22(20,21)19-17-11-15(17)13-6-8-14(9-7-13)16-5-3-4-10-18-16/h3-10,12,15,17,19H,11H2,1-2H3/t15?,17-/m0/s1. The second-order valence-corrected chi connectivity index (χ2v) is 8.27. The van der Waals surface area contributed by atoms with E-state index in [0.717, 1.165) is 17.7 Å². The fraction of sp³-hybridized carbons (Fsp3) is 0.353. The van der Waals surface area contributed by atoms with Crippen molar-refractivity contribution in [2.45, 2.75) is 37.5 Å². The number of sulfonamides is 1. The van der Waals surface area contributed by atoms with Crippen molar-refractivity contribution < 1.29 is 8.42 Å². The van der Waals surface area contributed by atoms with Crippen LogP contribution in [0, 0.1) is 0 Å². The molecule has 22 heavy (non-hydrogen) atoms. The summed E-state index contributed by atoms with van der Waals surface area (Å²) in [6.07, 6.45) is 2.65. The van der Waals surface area contributed by atoms with E-state index in [1.807, 2.05) is 30.3 Å². The molecule has 1 aliphatic carbocycles. The second kappa shape index (κ2) is 5.82. The zero-order chi connectivity index (χ0) is 15.7. The van der Waals surface area contributed by atoms with Gasteiger partial charge in [-0.05, 0) is 38.0 Å². The summed E-state index contributed by atoms with van der Waals surface area (Å²) in [5.41, 5.74) is 3.20. The quantitative estimate of drug-likeness (QED) is 0.922. The Morgan fingerprint density at radius 2 is 1.86 bits per heavy atom. The van der Waals surface area contributed by atoms with Gasteiger partial charge in [-0.25, -0.2) is 13.1 Å². The lowest BCUT2D eigenvalue weighted by atomic mass is 10.1. The van der Waals surface area contributed by atoms with Gasteiger partial charge < -0.3 is 0 Å². The predicted octanol–water partition coefficient (Wildman–Crippen LogP) is 2.93.